The molecule has 4 nitrogen and oxygen atoms in total. The third-order valence-corrected chi connectivity index (χ3v) is 2.91. The number of ether oxygens (including phenoxy) is 1. The Bertz CT molecular complexity index is 478. The van der Waals surface area contributed by atoms with Crippen molar-refractivity contribution in [3.63, 3.8) is 0 Å². The first-order valence-corrected chi connectivity index (χ1v) is 5.47. The molecule has 17 heavy (non-hydrogen) atoms. The van der Waals surface area contributed by atoms with E-state index in [0.29, 0.717) is 30.4 Å². The molecule has 2 unspecified atom stereocenters. The van der Waals surface area contributed by atoms with Crippen LogP contribution in [-0.4, -0.2) is 24.2 Å². The lowest BCUT2D eigenvalue weighted by molar-refractivity contribution is 0.300. The summed E-state index contributed by atoms with van der Waals surface area (Å²) in [4.78, 5) is 7.86. The second-order valence-corrected chi connectivity index (χ2v) is 4.06. The Balaban J connectivity index is 1.86. The van der Waals surface area contributed by atoms with Crippen molar-refractivity contribution in [2.75, 3.05) is 13.2 Å². The van der Waals surface area contributed by atoms with E-state index in [1.165, 1.54) is 6.07 Å². The lowest BCUT2D eigenvalue weighted by atomic mass is 10.1. The minimum Gasteiger partial charge on any atom is -0.463 e. The van der Waals surface area contributed by atoms with Crippen molar-refractivity contribution in [3.05, 3.63) is 29.3 Å². The number of fused-ring (bicyclic) bond motifs is 1. The second-order valence-electron chi connectivity index (χ2n) is 4.06. The number of hydrogen-bond acceptors (Lipinski definition) is 4. The van der Waals surface area contributed by atoms with Crippen molar-refractivity contribution in [2.45, 2.75) is 18.6 Å². The number of halogens is 2. The highest BCUT2D eigenvalue weighted by atomic mass is 19.1. The van der Waals surface area contributed by atoms with Gasteiger partial charge in [-0.2, -0.15) is 0 Å². The molecule has 2 heterocycles. The molecular formula is C11H11F2N3O. The predicted molar refractivity (Wildman–Crippen MR) is 56.8 cm³/mol. The third-order valence-electron chi connectivity index (χ3n) is 2.91. The van der Waals surface area contributed by atoms with Gasteiger partial charge in [0, 0.05) is 12.0 Å². The summed E-state index contributed by atoms with van der Waals surface area (Å²) in [7, 11) is 0. The Kier molecular flexibility index (Phi) is 2.42. The van der Waals surface area contributed by atoms with Gasteiger partial charge in [0.1, 0.15) is 18.6 Å². The maximum absolute atomic E-state index is 13.7. The SMILES string of the molecule is Fc1cnc2c(c1)C(NC1=NCCO1)CC2F. The monoisotopic (exact) mass is 239 g/mol. The molecule has 3 rings (SSSR count). The number of aromatic nitrogens is 1. The van der Waals surface area contributed by atoms with Gasteiger partial charge in [-0.15, -0.1) is 0 Å². The van der Waals surface area contributed by atoms with Gasteiger partial charge in [-0.25, -0.2) is 13.8 Å². The first kappa shape index (κ1) is 10.4. The zero-order valence-electron chi connectivity index (χ0n) is 8.99. The molecule has 0 amide bonds. The van der Waals surface area contributed by atoms with Gasteiger partial charge in [-0.1, -0.05) is 0 Å². The zero-order chi connectivity index (χ0) is 11.8. The van der Waals surface area contributed by atoms with E-state index in [0.717, 1.165) is 6.20 Å². The van der Waals surface area contributed by atoms with Gasteiger partial charge in [0.05, 0.1) is 24.5 Å². The van der Waals surface area contributed by atoms with Crippen LogP contribution in [0.4, 0.5) is 8.78 Å². The molecule has 0 radical (unpaired) electrons. The maximum Gasteiger partial charge on any atom is 0.285 e. The summed E-state index contributed by atoms with van der Waals surface area (Å²) in [6, 6.07) is 1.40. The van der Waals surface area contributed by atoms with Crippen molar-refractivity contribution in [1.29, 1.82) is 0 Å². The van der Waals surface area contributed by atoms with E-state index in [1.807, 2.05) is 0 Å². The third kappa shape index (κ3) is 1.83. The molecule has 0 fully saturated rings. The van der Waals surface area contributed by atoms with Gasteiger partial charge in [-0.05, 0) is 6.07 Å². The van der Waals surface area contributed by atoms with Gasteiger partial charge in [0.25, 0.3) is 6.02 Å². The van der Waals surface area contributed by atoms with Gasteiger partial charge < -0.3 is 10.1 Å². The summed E-state index contributed by atoms with van der Waals surface area (Å²) in [5.74, 6) is -0.459. The molecule has 1 aromatic rings. The van der Waals surface area contributed by atoms with E-state index < -0.39 is 12.0 Å². The molecule has 1 N–H and O–H groups in total. The molecule has 1 aliphatic heterocycles. The van der Waals surface area contributed by atoms with Crippen molar-refractivity contribution in [1.82, 2.24) is 10.3 Å². The number of nitrogens with one attached hydrogen (secondary N) is 1. The van der Waals surface area contributed by atoms with E-state index in [1.54, 1.807) is 0 Å². The van der Waals surface area contributed by atoms with Crippen molar-refractivity contribution in [3.8, 4) is 0 Å². The highest BCUT2D eigenvalue weighted by molar-refractivity contribution is 5.75. The second kappa shape index (κ2) is 3.94. The average molecular weight is 239 g/mol. The van der Waals surface area contributed by atoms with Gasteiger partial charge in [0.2, 0.25) is 0 Å². The number of alkyl halides is 1. The van der Waals surface area contributed by atoms with Crippen molar-refractivity contribution in [2.24, 2.45) is 4.99 Å². The molecule has 6 heteroatoms. The van der Waals surface area contributed by atoms with Crippen LogP contribution in [0.3, 0.4) is 0 Å². The molecule has 0 bridgehead atoms. The summed E-state index contributed by atoms with van der Waals surface area (Å²) in [5.41, 5.74) is 0.859. The van der Waals surface area contributed by atoms with Crippen LogP contribution in [0.2, 0.25) is 0 Å². The van der Waals surface area contributed by atoms with Crippen molar-refractivity contribution >= 4 is 6.02 Å². The minimum atomic E-state index is -1.16. The minimum absolute atomic E-state index is 0.230. The first-order chi connectivity index (χ1) is 8.24. The van der Waals surface area contributed by atoms with Crippen LogP contribution in [0, 0.1) is 5.82 Å². The first-order valence-electron chi connectivity index (χ1n) is 5.47. The number of amidine groups is 1. The number of nitrogens with zero attached hydrogens (tertiary/aromatic N) is 2. The van der Waals surface area contributed by atoms with Gasteiger partial charge in [0.15, 0.2) is 0 Å². The molecule has 1 aromatic heterocycles. The summed E-state index contributed by atoms with van der Waals surface area (Å²) >= 11 is 0. The molecular weight excluding hydrogens is 228 g/mol. The maximum atomic E-state index is 13.7. The smallest absolute Gasteiger partial charge is 0.285 e. The molecule has 1 aliphatic carbocycles. The number of aliphatic imine (C=N–C) groups is 1. The van der Waals surface area contributed by atoms with Crippen LogP contribution in [0.25, 0.3) is 0 Å². The summed E-state index contributed by atoms with van der Waals surface area (Å²) in [5, 5.41) is 2.97. The Labute approximate surface area is 96.7 Å². The van der Waals surface area contributed by atoms with Crippen LogP contribution < -0.4 is 5.32 Å². The van der Waals surface area contributed by atoms with Crippen LogP contribution in [0.15, 0.2) is 17.3 Å². The molecule has 2 atom stereocenters. The summed E-state index contributed by atoms with van der Waals surface area (Å²) in [6.07, 6.45) is 0.107. The van der Waals surface area contributed by atoms with Crippen LogP contribution in [0.1, 0.15) is 29.9 Å². The Morgan fingerprint density at radius 2 is 2.35 bits per heavy atom. The van der Waals surface area contributed by atoms with E-state index in [4.69, 9.17) is 4.74 Å². The van der Waals surface area contributed by atoms with E-state index in [-0.39, 0.29) is 12.5 Å². The predicted octanol–water partition coefficient (Wildman–Crippen LogP) is 1.65. The highest BCUT2D eigenvalue weighted by Gasteiger charge is 2.33. The molecule has 2 aliphatic rings. The fourth-order valence-corrected chi connectivity index (χ4v) is 2.16. The molecule has 0 spiro atoms. The normalized spacial score (nSPS) is 26.4. The van der Waals surface area contributed by atoms with Crippen LogP contribution in [0.5, 0.6) is 0 Å². The molecule has 0 aromatic carbocycles. The van der Waals surface area contributed by atoms with E-state index in [2.05, 4.69) is 15.3 Å². The van der Waals surface area contributed by atoms with E-state index >= 15 is 0 Å². The number of pyridine rings is 1. The Hall–Kier alpha value is -1.72. The standard InChI is InChI=1S/C11H11F2N3O/c12-6-3-7-9(16-11-14-1-2-17-11)4-8(13)10(7)15-5-6/h3,5,8-9H,1-2,4H2,(H,14,16). The molecule has 90 valence electrons. The Morgan fingerprint density at radius 1 is 1.47 bits per heavy atom. The average Bonchev–Trinajstić information content (AvgIpc) is 2.89. The highest BCUT2D eigenvalue weighted by Crippen LogP contribution is 2.39. The van der Waals surface area contributed by atoms with E-state index in [9.17, 15) is 8.78 Å². The summed E-state index contributed by atoms with van der Waals surface area (Å²) < 4.78 is 32.0. The fraction of sp³-hybridized carbons (Fsp3) is 0.455. The molecule has 0 saturated carbocycles. The van der Waals surface area contributed by atoms with Crippen molar-refractivity contribution < 1.29 is 13.5 Å². The molecule has 0 saturated heterocycles. The largest absolute Gasteiger partial charge is 0.463 e. The summed E-state index contributed by atoms with van der Waals surface area (Å²) in [6.45, 7) is 1.13. The lowest BCUT2D eigenvalue weighted by Gasteiger charge is -2.13. The quantitative estimate of drug-likeness (QED) is 0.810. The van der Waals surface area contributed by atoms with Gasteiger partial charge >= 0.3 is 0 Å². The lowest BCUT2D eigenvalue weighted by Crippen LogP contribution is -2.27. The fourth-order valence-electron chi connectivity index (χ4n) is 2.16. The Morgan fingerprint density at radius 3 is 3.12 bits per heavy atom. The number of rotatable bonds is 1. The van der Waals surface area contributed by atoms with Crippen LogP contribution >= 0.6 is 0 Å². The topological polar surface area (TPSA) is 46.5 Å². The number of hydrogen-bond donors (Lipinski definition) is 1. The van der Waals surface area contributed by atoms with Gasteiger partial charge in [-0.3, -0.25) is 4.98 Å². The van der Waals surface area contributed by atoms with Crippen LogP contribution in [-0.2, 0) is 4.74 Å². The zero-order valence-corrected chi connectivity index (χ0v) is 8.99.